The molecular formula is C26H28N2O5. The summed E-state index contributed by atoms with van der Waals surface area (Å²) in [6.45, 7) is 5.85. The smallest absolute Gasteiger partial charge is 0.407 e. The normalized spacial score (nSPS) is 16.7. The van der Waals surface area contributed by atoms with E-state index in [0.717, 1.165) is 22.3 Å². The molecule has 2 N–H and O–H groups in total. The maximum Gasteiger partial charge on any atom is 0.407 e. The van der Waals surface area contributed by atoms with Crippen molar-refractivity contribution in [2.45, 2.75) is 31.7 Å². The average Bonchev–Trinajstić information content (AvgIpc) is 3.08. The highest BCUT2D eigenvalue weighted by Crippen LogP contribution is 2.44. The van der Waals surface area contributed by atoms with Crippen molar-refractivity contribution in [3.05, 3.63) is 72.3 Å². The van der Waals surface area contributed by atoms with Gasteiger partial charge in [-0.3, -0.25) is 9.59 Å². The van der Waals surface area contributed by atoms with Crippen LogP contribution in [0, 0.1) is 5.41 Å². The fourth-order valence-corrected chi connectivity index (χ4v) is 4.77. The minimum absolute atomic E-state index is 0.0322. The molecule has 1 atom stereocenters. The predicted molar refractivity (Wildman–Crippen MR) is 124 cm³/mol. The first kappa shape index (κ1) is 22.6. The van der Waals surface area contributed by atoms with Crippen LogP contribution >= 0.6 is 0 Å². The third-order valence-electron chi connectivity index (χ3n) is 6.52. The van der Waals surface area contributed by atoms with Crippen LogP contribution in [0.5, 0.6) is 0 Å². The molecule has 7 heteroatoms. The summed E-state index contributed by atoms with van der Waals surface area (Å²) in [6, 6.07) is 15.8. The van der Waals surface area contributed by atoms with E-state index >= 15 is 0 Å². The Morgan fingerprint density at radius 3 is 2.27 bits per heavy atom. The summed E-state index contributed by atoms with van der Waals surface area (Å²) in [4.78, 5) is 37.9. The minimum atomic E-state index is -0.944. The monoisotopic (exact) mass is 448 g/mol. The molecule has 0 aromatic heterocycles. The lowest BCUT2D eigenvalue weighted by Gasteiger charge is -2.47. The largest absolute Gasteiger partial charge is 0.481 e. The van der Waals surface area contributed by atoms with Crippen LogP contribution in [0.1, 0.15) is 36.8 Å². The van der Waals surface area contributed by atoms with E-state index in [1.54, 1.807) is 13.0 Å². The van der Waals surface area contributed by atoms with Gasteiger partial charge < -0.3 is 20.1 Å². The van der Waals surface area contributed by atoms with E-state index < -0.39 is 23.5 Å². The number of carbonyl (C=O) groups excluding carboxylic acids is 2. The molecule has 0 spiro atoms. The highest BCUT2D eigenvalue weighted by molar-refractivity contribution is 5.84. The molecule has 2 aromatic carbocycles. The van der Waals surface area contributed by atoms with E-state index in [-0.39, 0.29) is 37.9 Å². The third-order valence-corrected chi connectivity index (χ3v) is 6.52. The topological polar surface area (TPSA) is 95.9 Å². The molecule has 1 fully saturated rings. The van der Waals surface area contributed by atoms with Gasteiger partial charge in [0.15, 0.2) is 0 Å². The van der Waals surface area contributed by atoms with Crippen molar-refractivity contribution < 1.29 is 24.2 Å². The molecule has 1 aliphatic carbocycles. The van der Waals surface area contributed by atoms with Crippen LogP contribution in [0.2, 0.25) is 0 Å². The lowest BCUT2D eigenvalue weighted by atomic mass is 9.76. The SMILES string of the molecule is C=CCC1(C(=O)O)CN(C(=O)C[C@@H](C)NC(=O)OCC2c3ccccc3-c3ccccc32)C1. The molecule has 1 saturated heterocycles. The van der Waals surface area contributed by atoms with Crippen molar-refractivity contribution >= 4 is 18.0 Å². The number of carboxylic acid groups (broad SMARTS) is 1. The first-order chi connectivity index (χ1) is 15.8. The van der Waals surface area contributed by atoms with Crippen molar-refractivity contribution in [3.8, 4) is 11.1 Å². The van der Waals surface area contributed by atoms with Crippen LogP contribution in [0.3, 0.4) is 0 Å². The number of rotatable bonds is 8. The molecule has 1 aliphatic heterocycles. The summed E-state index contributed by atoms with van der Waals surface area (Å²) in [5.41, 5.74) is 3.64. The van der Waals surface area contributed by atoms with Gasteiger partial charge >= 0.3 is 12.1 Å². The molecule has 0 bridgehead atoms. The number of nitrogens with zero attached hydrogens (tertiary/aromatic N) is 1. The van der Waals surface area contributed by atoms with E-state index in [1.165, 1.54) is 4.90 Å². The molecule has 0 saturated carbocycles. The number of carboxylic acids is 1. The third kappa shape index (κ3) is 4.35. The number of ether oxygens (including phenoxy) is 1. The van der Waals surface area contributed by atoms with Crippen molar-refractivity contribution in [1.82, 2.24) is 10.2 Å². The Morgan fingerprint density at radius 2 is 1.73 bits per heavy atom. The highest BCUT2D eigenvalue weighted by atomic mass is 16.5. The van der Waals surface area contributed by atoms with Crippen LogP contribution < -0.4 is 5.32 Å². The number of fused-ring (bicyclic) bond motifs is 3. The first-order valence-electron chi connectivity index (χ1n) is 11.1. The standard InChI is InChI=1S/C26H28N2O5/c1-3-12-26(24(30)31)15-28(16-26)23(29)13-17(2)27-25(32)33-14-22-20-10-6-4-8-18(20)19-9-5-7-11-21(19)22/h3-11,17,22H,1,12-16H2,2H3,(H,27,32)(H,30,31)/t17-/m1/s1. The minimum Gasteiger partial charge on any atom is -0.481 e. The van der Waals surface area contributed by atoms with Crippen molar-refractivity contribution in [2.24, 2.45) is 5.41 Å². The average molecular weight is 449 g/mol. The Labute approximate surface area is 193 Å². The van der Waals surface area contributed by atoms with E-state index in [1.807, 2.05) is 24.3 Å². The molecule has 0 unspecified atom stereocenters. The van der Waals surface area contributed by atoms with Gasteiger partial charge in [0.05, 0.1) is 0 Å². The highest BCUT2D eigenvalue weighted by Gasteiger charge is 2.50. The van der Waals surface area contributed by atoms with Crippen LogP contribution in [0.4, 0.5) is 4.79 Å². The van der Waals surface area contributed by atoms with Gasteiger partial charge in [0.25, 0.3) is 0 Å². The van der Waals surface area contributed by atoms with E-state index in [2.05, 4.69) is 36.2 Å². The van der Waals surface area contributed by atoms with E-state index in [9.17, 15) is 19.5 Å². The number of nitrogens with one attached hydrogen (secondary N) is 1. The summed E-state index contributed by atoms with van der Waals surface area (Å²) in [6.07, 6.45) is 1.39. The Kier molecular flexibility index (Phi) is 6.22. The molecule has 4 rings (SSSR count). The Bertz CT molecular complexity index is 1040. The number of likely N-dealkylation sites (tertiary alicyclic amines) is 1. The summed E-state index contributed by atoms with van der Waals surface area (Å²) in [5, 5.41) is 12.1. The quantitative estimate of drug-likeness (QED) is 0.599. The number of benzene rings is 2. The summed E-state index contributed by atoms with van der Waals surface area (Å²) >= 11 is 0. The fraction of sp³-hybridized carbons (Fsp3) is 0.346. The number of alkyl carbamates (subject to hydrolysis) is 1. The number of hydrogen-bond acceptors (Lipinski definition) is 4. The first-order valence-corrected chi connectivity index (χ1v) is 11.1. The second kappa shape index (κ2) is 9.10. The predicted octanol–water partition coefficient (Wildman–Crippen LogP) is 3.79. The van der Waals surface area contributed by atoms with E-state index in [0.29, 0.717) is 6.42 Å². The van der Waals surface area contributed by atoms with Crippen LogP contribution in [-0.4, -0.2) is 53.7 Å². The molecule has 1 heterocycles. The lowest BCUT2D eigenvalue weighted by Crippen LogP contribution is -2.62. The van der Waals surface area contributed by atoms with Crippen LogP contribution in [-0.2, 0) is 14.3 Å². The Morgan fingerprint density at radius 1 is 1.15 bits per heavy atom. The van der Waals surface area contributed by atoms with Gasteiger partial charge in [-0.05, 0) is 35.6 Å². The second-order valence-electron chi connectivity index (χ2n) is 8.90. The number of allylic oxidation sites excluding steroid dienone is 1. The van der Waals surface area contributed by atoms with Gasteiger partial charge in [0.2, 0.25) is 5.91 Å². The molecule has 2 aromatic rings. The zero-order valence-corrected chi connectivity index (χ0v) is 18.6. The molecular weight excluding hydrogens is 420 g/mol. The molecule has 2 aliphatic rings. The Balaban J connectivity index is 1.28. The zero-order chi connectivity index (χ0) is 23.6. The van der Waals surface area contributed by atoms with Gasteiger partial charge in [0.1, 0.15) is 12.0 Å². The van der Waals surface area contributed by atoms with Crippen molar-refractivity contribution in [3.63, 3.8) is 0 Å². The number of hydrogen-bond donors (Lipinski definition) is 2. The van der Waals surface area contributed by atoms with Crippen LogP contribution in [0.25, 0.3) is 11.1 Å². The van der Waals surface area contributed by atoms with Gasteiger partial charge in [0, 0.05) is 31.5 Å². The van der Waals surface area contributed by atoms with Gasteiger partial charge in [-0.15, -0.1) is 6.58 Å². The Hall–Kier alpha value is -3.61. The van der Waals surface area contributed by atoms with Gasteiger partial charge in [-0.25, -0.2) is 4.79 Å². The molecule has 2 amide bonds. The summed E-state index contributed by atoms with van der Waals surface area (Å²) < 4.78 is 5.53. The molecule has 172 valence electrons. The van der Waals surface area contributed by atoms with Crippen LogP contribution in [0.15, 0.2) is 61.2 Å². The number of aliphatic carboxylic acids is 1. The maximum atomic E-state index is 12.5. The second-order valence-corrected chi connectivity index (χ2v) is 8.90. The molecule has 0 radical (unpaired) electrons. The van der Waals surface area contributed by atoms with Gasteiger partial charge in [-0.2, -0.15) is 0 Å². The van der Waals surface area contributed by atoms with Crippen molar-refractivity contribution in [1.29, 1.82) is 0 Å². The zero-order valence-electron chi connectivity index (χ0n) is 18.6. The maximum absolute atomic E-state index is 12.5. The fourth-order valence-electron chi connectivity index (χ4n) is 4.77. The summed E-state index contributed by atoms with van der Waals surface area (Å²) in [5.74, 6) is -1.14. The van der Waals surface area contributed by atoms with Crippen molar-refractivity contribution in [2.75, 3.05) is 19.7 Å². The molecule has 33 heavy (non-hydrogen) atoms. The van der Waals surface area contributed by atoms with Gasteiger partial charge in [-0.1, -0.05) is 54.6 Å². The summed E-state index contributed by atoms with van der Waals surface area (Å²) in [7, 11) is 0. The lowest BCUT2D eigenvalue weighted by molar-refractivity contribution is -0.165. The molecule has 7 nitrogen and oxygen atoms in total. The number of carbonyl (C=O) groups is 3. The van der Waals surface area contributed by atoms with E-state index in [4.69, 9.17) is 4.74 Å². The number of amides is 2.